The van der Waals surface area contributed by atoms with Crippen LogP contribution < -0.4 is 4.57 Å². The third-order valence-electron chi connectivity index (χ3n) is 3.72. The Morgan fingerprint density at radius 1 is 1.11 bits per heavy atom. The summed E-state index contributed by atoms with van der Waals surface area (Å²) >= 11 is 11.5. The number of likely N-dealkylation sites (tertiary alicyclic amines) is 1. The summed E-state index contributed by atoms with van der Waals surface area (Å²) in [5.74, 6) is 2.12. The van der Waals surface area contributed by atoms with Crippen molar-refractivity contribution in [2.45, 2.75) is 25.3 Å². The van der Waals surface area contributed by atoms with E-state index in [9.17, 15) is 0 Å². The highest BCUT2D eigenvalue weighted by molar-refractivity contribution is 6.18. The van der Waals surface area contributed by atoms with E-state index in [4.69, 9.17) is 23.2 Å². The highest BCUT2D eigenvalue weighted by Crippen LogP contribution is 2.27. The standard InChI is InChI=1S/C14H21Cl2N2/c15-5-11-17-7-1-13(2-8-17)14-3-9-18(10-4-14)12-6-16/h1-2,7-8,14H,3-6,9-12H2/q+1. The number of hydrogen-bond acceptors (Lipinski definition) is 1. The molecular weight excluding hydrogens is 267 g/mol. The van der Waals surface area contributed by atoms with Gasteiger partial charge in [-0.1, -0.05) is 0 Å². The van der Waals surface area contributed by atoms with E-state index < -0.39 is 0 Å². The van der Waals surface area contributed by atoms with Gasteiger partial charge in [-0.2, -0.15) is 0 Å². The van der Waals surface area contributed by atoms with E-state index >= 15 is 0 Å². The van der Waals surface area contributed by atoms with Crippen LogP contribution in [0.3, 0.4) is 0 Å². The van der Waals surface area contributed by atoms with Crippen LogP contribution in [0.5, 0.6) is 0 Å². The van der Waals surface area contributed by atoms with Crippen molar-refractivity contribution in [3.05, 3.63) is 30.1 Å². The molecule has 1 aliphatic heterocycles. The minimum absolute atomic E-state index is 0.667. The largest absolute Gasteiger partial charge is 0.302 e. The van der Waals surface area contributed by atoms with E-state index in [0.717, 1.165) is 19.0 Å². The topological polar surface area (TPSA) is 7.12 Å². The lowest BCUT2D eigenvalue weighted by molar-refractivity contribution is -0.692. The van der Waals surface area contributed by atoms with Gasteiger partial charge in [-0.15, -0.1) is 23.2 Å². The fourth-order valence-electron chi connectivity index (χ4n) is 2.60. The van der Waals surface area contributed by atoms with Crippen LogP contribution in [0.25, 0.3) is 0 Å². The first-order chi connectivity index (χ1) is 8.83. The molecule has 100 valence electrons. The van der Waals surface area contributed by atoms with Crippen molar-refractivity contribution < 1.29 is 4.57 Å². The first-order valence-electron chi connectivity index (χ1n) is 6.67. The molecule has 0 unspecified atom stereocenters. The van der Waals surface area contributed by atoms with Crippen LogP contribution in [0.15, 0.2) is 24.5 Å². The fraction of sp³-hybridized carbons (Fsp3) is 0.643. The number of halogens is 2. The molecule has 2 heterocycles. The third kappa shape index (κ3) is 3.84. The van der Waals surface area contributed by atoms with Crippen LogP contribution in [-0.2, 0) is 6.54 Å². The van der Waals surface area contributed by atoms with Gasteiger partial charge in [0.05, 0.1) is 5.88 Å². The Balaban J connectivity index is 1.89. The van der Waals surface area contributed by atoms with Gasteiger partial charge in [0.2, 0.25) is 0 Å². The predicted octanol–water partition coefficient (Wildman–Crippen LogP) is 2.63. The molecule has 1 saturated heterocycles. The number of aromatic nitrogens is 1. The van der Waals surface area contributed by atoms with Crippen LogP contribution in [0, 0.1) is 0 Å². The van der Waals surface area contributed by atoms with Gasteiger partial charge in [-0.05, 0) is 37.4 Å². The zero-order valence-corrected chi connectivity index (χ0v) is 12.2. The van der Waals surface area contributed by atoms with Gasteiger partial charge in [0.1, 0.15) is 0 Å². The van der Waals surface area contributed by atoms with Crippen LogP contribution in [0.1, 0.15) is 24.3 Å². The Labute approximate surface area is 120 Å². The number of rotatable bonds is 5. The highest BCUT2D eigenvalue weighted by Gasteiger charge is 2.20. The molecule has 0 amide bonds. The summed E-state index contributed by atoms with van der Waals surface area (Å²) < 4.78 is 2.14. The molecule has 0 saturated carbocycles. The molecule has 0 aromatic carbocycles. The van der Waals surface area contributed by atoms with Gasteiger partial charge in [0, 0.05) is 24.6 Å². The number of nitrogens with zero attached hydrogens (tertiary/aromatic N) is 2. The monoisotopic (exact) mass is 287 g/mol. The number of piperidine rings is 1. The lowest BCUT2D eigenvalue weighted by Crippen LogP contribution is -2.35. The molecule has 0 N–H and O–H groups in total. The van der Waals surface area contributed by atoms with Gasteiger partial charge in [-0.3, -0.25) is 0 Å². The van der Waals surface area contributed by atoms with Crippen LogP contribution in [0.4, 0.5) is 0 Å². The summed E-state index contributed by atoms with van der Waals surface area (Å²) in [5, 5.41) is 0. The van der Waals surface area contributed by atoms with E-state index in [1.54, 1.807) is 0 Å². The summed E-state index contributed by atoms with van der Waals surface area (Å²) in [5.41, 5.74) is 1.46. The average Bonchev–Trinajstić information content (AvgIpc) is 2.41. The molecule has 0 radical (unpaired) electrons. The fourth-order valence-corrected chi connectivity index (χ4v) is 3.03. The van der Waals surface area contributed by atoms with Gasteiger partial charge < -0.3 is 4.90 Å². The molecule has 1 aromatic heterocycles. The van der Waals surface area contributed by atoms with E-state index in [1.165, 1.54) is 31.5 Å². The molecule has 1 aliphatic rings. The summed E-state index contributed by atoms with van der Waals surface area (Å²) in [6.45, 7) is 4.26. The van der Waals surface area contributed by atoms with Gasteiger partial charge in [-0.25, -0.2) is 4.57 Å². The second-order valence-corrected chi connectivity index (χ2v) is 5.62. The Morgan fingerprint density at radius 3 is 2.33 bits per heavy atom. The van der Waals surface area contributed by atoms with Crippen molar-refractivity contribution >= 4 is 23.2 Å². The first kappa shape index (κ1) is 14.1. The molecule has 0 aliphatic carbocycles. The van der Waals surface area contributed by atoms with Crippen molar-refractivity contribution in [2.75, 3.05) is 31.4 Å². The average molecular weight is 288 g/mol. The van der Waals surface area contributed by atoms with Gasteiger partial charge in [0.15, 0.2) is 18.9 Å². The van der Waals surface area contributed by atoms with E-state index in [1.807, 2.05) is 0 Å². The molecule has 0 spiro atoms. The maximum Gasteiger partial charge on any atom is 0.169 e. The Morgan fingerprint density at radius 2 is 1.78 bits per heavy atom. The Hall–Kier alpha value is -0.310. The quantitative estimate of drug-likeness (QED) is 0.597. The van der Waals surface area contributed by atoms with Crippen LogP contribution in [0.2, 0.25) is 0 Å². The minimum atomic E-state index is 0.667. The summed E-state index contributed by atoms with van der Waals surface area (Å²) in [6.07, 6.45) is 6.78. The van der Waals surface area contributed by atoms with Gasteiger partial charge >= 0.3 is 0 Å². The molecular formula is C14H21Cl2N2+. The molecule has 2 nitrogen and oxygen atoms in total. The van der Waals surface area contributed by atoms with Crippen molar-refractivity contribution in [2.24, 2.45) is 0 Å². The number of pyridine rings is 1. The second kappa shape index (κ2) is 7.32. The van der Waals surface area contributed by atoms with E-state index in [0.29, 0.717) is 11.8 Å². The van der Waals surface area contributed by atoms with Crippen molar-refractivity contribution in [3.8, 4) is 0 Å². The molecule has 1 aromatic rings. The zero-order valence-electron chi connectivity index (χ0n) is 10.7. The Bertz CT molecular complexity index is 345. The van der Waals surface area contributed by atoms with Crippen LogP contribution >= 0.6 is 23.2 Å². The third-order valence-corrected chi connectivity index (χ3v) is 4.06. The highest BCUT2D eigenvalue weighted by atomic mass is 35.5. The summed E-state index contributed by atoms with van der Waals surface area (Å²) in [7, 11) is 0. The molecule has 0 bridgehead atoms. The van der Waals surface area contributed by atoms with E-state index in [2.05, 4.69) is 34.0 Å². The SMILES string of the molecule is ClCCN1CCC(c2cc[n+](CCCl)cc2)CC1. The summed E-state index contributed by atoms with van der Waals surface area (Å²) in [4.78, 5) is 2.46. The minimum Gasteiger partial charge on any atom is -0.302 e. The first-order valence-corrected chi connectivity index (χ1v) is 7.73. The number of hydrogen-bond donors (Lipinski definition) is 0. The van der Waals surface area contributed by atoms with Crippen molar-refractivity contribution in [3.63, 3.8) is 0 Å². The molecule has 2 rings (SSSR count). The van der Waals surface area contributed by atoms with Gasteiger partial charge in [0.25, 0.3) is 0 Å². The molecule has 0 atom stereocenters. The zero-order chi connectivity index (χ0) is 12.8. The van der Waals surface area contributed by atoms with Crippen LogP contribution in [-0.4, -0.2) is 36.3 Å². The normalized spacial score (nSPS) is 18.1. The Kier molecular flexibility index (Phi) is 5.74. The maximum atomic E-state index is 5.78. The molecule has 1 fully saturated rings. The smallest absolute Gasteiger partial charge is 0.169 e. The predicted molar refractivity (Wildman–Crippen MR) is 76.5 cm³/mol. The van der Waals surface area contributed by atoms with Crippen molar-refractivity contribution in [1.82, 2.24) is 4.90 Å². The molecule has 18 heavy (non-hydrogen) atoms. The number of alkyl halides is 2. The summed E-state index contributed by atoms with van der Waals surface area (Å²) in [6, 6.07) is 4.49. The second-order valence-electron chi connectivity index (χ2n) is 4.86. The molecule has 4 heteroatoms. The van der Waals surface area contributed by atoms with Crippen molar-refractivity contribution in [1.29, 1.82) is 0 Å². The number of aryl methyl sites for hydroxylation is 1. The lowest BCUT2D eigenvalue weighted by atomic mass is 9.90. The lowest BCUT2D eigenvalue weighted by Gasteiger charge is -2.31. The van der Waals surface area contributed by atoms with E-state index in [-0.39, 0.29) is 0 Å². The maximum absolute atomic E-state index is 5.78.